The van der Waals surface area contributed by atoms with Gasteiger partial charge in [0.25, 0.3) is 0 Å². The van der Waals surface area contributed by atoms with Crippen LogP contribution in [0, 0.1) is 0 Å². The summed E-state index contributed by atoms with van der Waals surface area (Å²) in [6.07, 6.45) is 2.65. The summed E-state index contributed by atoms with van der Waals surface area (Å²) in [6.45, 7) is 4.56. The largest absolute Gasteiger partial charge is 0.391 e. The van der Waals surface area contributed by atoms with Crippen LogP contribution in [0.2, 0.25) is 0 Å². The van der Waals surface area contributed by atoms with Crippen molar-refractivity contribution < 1.29 is 19.5 Å². The van der Waals surface area contributed by atoms with Gasteiger partial charge in [-0.05, 0) is 46.1 Å². The second-order valence-corrected chi connectivity index (χ2v) is 6.24. The molecular formula is C17H34N6O4. The second kappa shape index (κ2) is 14.9. The van der Waals surface area contributed by atoms with Crippen LogP contribution in [-0.4, -0.2) is 67.0 Å². The third kappa shape index (κ3) is 11.9. The van der Waals surface area contributed by atoms with Crippen LogP contribution in [0.15, 0.2) is 4.99 Å². The highest BCUT2D eigenvalue weighted by molar-refractivity contribution is 5.90. The Balaban J connectivity index is 4.74. The first-order chi connectivity index (χ1) is 12.8. The van der Waals surface area contributed by atoms with Crippen molar-refractivity contribution in [2.45, 2.75) is 64.1 Å². The van der Waals surface area contributed by atoms with Gasteiger partial charge in [-0.3, -0.25) is 14.6 Å². The Morgan fingerprint density at radius 3 is 2.44 bits per heavy atom. The van der Waals surface area contributed by atoms with Gasteiger partial charge in [0.2, 0.25) is 11.8 Å². The van der Waals surface area contributed by atoms with Gasteiger partial charge in [-0.25, -0.2) is 0 Å². The highest BCUT2D eigenvalue weighted by Crippen LogP contribution is 2.02. The van der Waals surface area contributed by atoms with E-state index in [-0.39, 0.29) is 11.9 Å². The first kappa shape index (κ1) is 24.8. The molecule has 0 aliphatic carbocycles. The van der Waals surface area contributed by atoms with Crippen molar-refractivity contribution in [1.82, 2.24) is 16.0 Å². The van der Waals surface area contributed by atoms with Crippen LogP contribution in [0.3, 0.4) is 0 Å². The summed E-state index contributed by atoms with van der Waals surface area (Å²) in [5.74, 6) is -0.786. The molecule has 0 radical (unpaired) electrons. The van der Waals surface area contributed by atoms with Gasteiger partial charge >= 0.3 is 0 Å². The van der Waals surface area contributed by atoms with Gasteiger partial charge in [0.15, 0.2) is 5.96 Å². The summed E-state index contributed by atoms with van der Waals surface area (Å²) >= 11 is 0. The van der Waals surface area contributed by atoms with Gasteiger partial charge in [-0.2, -0.15) is 0 Å². The number of nitrogens with one attached hydrogen (secondary N) is 3. The molecule has 10 heteroatoms. The normalized spacial score (nSPS) is 13.9. The third-order valence-corrected chi connectivity index (χ3v) is 3.81. The number of rotatable bonds is 15. The maximum atomic E-state index is 12.5. The summed E-state index contributed by atoms with van der Waals surface area (Å²) in [5.41, 5.74) is 10.5. The predicted molar refractivity (Wildman–Crippen MR) is 104 cm³/mol. The molecule has 0 aromatic heterocycles. The second-order valence-electron chi connectivity index (χ2n) is 6.24. The van der Waals surface area contributed by atoms with Gasteiger partial charge in [0.1, 0.15) is 18.4 Å². The van der Waals surface area contributed by atoms with E-state index in [1.54, 1.807) is 6.92 Å². The first-order valence-electron chi connectivity index (χ1n) is 9.32. The minimum atomic E-state index is -0.937. The van der Waals surface area contributed by atoms with Gasteiger partial charge in [-0.1, -0.05) is 0 Å². The SMILES string of the molecule is CCNC(=O)[C@H](CCCN=C(N)N)NC(=O)[C@@H](NCCCCC=O)[C@H](C)O. The van der Waals surface area contributed by atoms with Crippen LogP contribution >= 0.6 is 0 Å². The molecule has 0 aliphatic rings. The van der Waals surface area contributed by atoms with E-state index in [0.717, 1.165) is 6.29 Å². The lowest BCUT2D eigenvalue weighted by Crippen LogP contribution is -2.56. The molecule has 0 spiro atoms. The lowest BCUT2D eigenvalue weighted by Gasteiger charge is -2.24. The van der Waals surface area contributed by atoms with Crippen molar-refractivity contribution in [2.24, 2.45) is 16.5 Å². The fourth-order valence-electron chi connectivity index (χ4n) is 2.42. The quantitative estimate of drug-likeness (QED) is 0.0848. The summed E-state index contributed by atoms with van der Waals surface area (Å²) in [7, 11) is 0. The minimum absolute atomic E-state index is 0.0263. The van der Waals surface area contributed by atoms with Gasteiger partial charge in [-0.15, -0.1) is 0 Å². The van der Waals surface area contributed by atoms with Crippen molar-refractivity contribution >= 4 is 24.1 Å². The Morgan fingerprint density at radius 1 is 1.19 bits per heavy atom. The molecule has 0 unspecified atom stereocenters. The standard InChI is InChI=1S/C17H34N6O4/c1-3-20-15(26)13(8-7-10-22-17(18)19)23-16(27)14(12(2)25)21-9-5-4-6-11-24/h11-14,21,25H,3-10H2,1-2H3,(H,20,26)(H,23,27)(H4,18,19,22)/t12-,13-,14-/m0/s1. The van der Waals surface area contributed by atoms with Crippen LogP contribution in [-0.2, 0) is 14.4 Å². The number of nitrogens with two attached hydrogens (primary N) is 2. The number of aliphatic hydroxyl groups excluding tert-OH is 1. The Hall–Kier alpha value is -2.20. The summed E-state index contributed by atoms with van der Waals surface area (Å²) in [6, 6.07) is -1.60. The number of carbonyl (C=O) groups is 3. The van der Waals surface area contributed by atoms with Crippen LogP contribution in [0.5, 0.6) is 0 Å². The van der Waals surface area contributed by atoms with Crippen molar-refractivity contribution in [1.29, 1.82) is 0 Å². The highest BCUT2D eigenvalue weighted by Gasteiger charge is 2.27. The number of unbranched alkanes of at least 4 members (excludes halogenated alkanes) is 2. The van der Waals surface area contributed by atoms with E-state index >= 15 is 0 Å². The van der Waals surface area contributed by atoms with Gasteiger partial charge in [0.05, 0.1) is 6.10 Å². The number of amides is 2. The molecule has 0 saturated carbocycles. The number of hydrogen-bond donors (Lipinski definition) is 6. The van der Waals surface area contributed by atoms with Crippen molar-refractivity contribution in [2.75, 3.05) is 19.6 Å². The Bertz CT molecular complexity index is 480. The molecule has 27 heavy (non-hydrogen) atoms. The maximum absolute atomic E-state index is 12.5. The predicted octanol–water partition coefficient (Wildman–Crippen LogP) is -1.63. The summed E-state index contributed by atoms with van der Waals surface area (Å²) in [5, 5.41) is 18.2. The Morgan fingerprint density at radius 2 is 1.89 bits per heavy atom. The van der Waals surface area contributed by atoms with Gasteiger partial charge in [0, 0.05) is 19.5 Å². The molecular weight excluding hydrogens is 352 g/mol. The zero-order valence-electron chi connectivity index (χ0n) is 16.2. The van der Waals surface area contributed by atoms with E-state index in [1.807, 2.05) is 0 Å². The number of aldehydes is 1. The van der Waals surface area contributed by atoms with E-state index in [2.05, 4.69) is 20.9 Å². The highest BCUT2D eigenvalue weighted by atomic mass is 16.3. The Kier molecular flexibility index (Phi) is 13.7. The van der Waals surface area contributed by atoms with Crippen molar-refractivity contribution in [3.05, 3.63) is 0 Å². The van der Waals surface area contributed by atoms with Crippen LogP contribution in [0.25, 0.3) is 0 Å². The van der Waals surface area contributed by atoms with Crippen LogP contribution in [0.4, 0.5) is 0 Å². The number of likely N-dealkylation sites (N-methyl/N-ethyl adjacent to an activating group) is 1. The average Bonchev–Trinajstić information content (AvgIpc) is 2.60. The lowest BCUT2D eigenvalue weighted by atomic mass is 10.1. The zero-order chi connectivity index (χ0) is 20.7. The van der Waals surface area contributed by atoms with Gasteiger partial charge < -0.3 is 37.3 Å². The monoisotopic (exact) mass is 386 g/mol. The molecule has 0 heterocycles. The summed E-state index contributed by atoms with van der Waals surface area (Å²) < 4.78 is 0. The smallest absolute Gasteiger partial charge is 0.242 e. The number of guanidine groups is 1. The number of aliphatic hydroxyl groups is 1. The van der Waals surface area contributed by atoms with E-state index < -0.39 is 24.1 Å². The molecule has 0 aromatic carbocycles. The van der Waals surface area contributed by atoms with Crippen molar-refractivity contribution in [3.8, 4) is 0 Å². The van der Waals surface area contributed by atoms with E-state index in [1.165, 1.54) is 6.92 Å². The molecule has 2 amide bonds. The molecule has 0 rings (SSSR count). The molecule has 0 saturated heterocycles. The number of hydrogen-bond acceptors (Lipinski definition) is 6. The summed E-state index contributed by atoms with van der Waals surface area (Å²) in [4.78, 5) is 38.9. The third-order valence-electron chi connectivity index (χ3n) is 3.81. The number of carbonyl (C=O) groups excluding carboxylic acids is 3. The number of nitrogens with zero attached hydrogens (tertiary/aromatic N) is 1. The molecule has 10 nitrogen and oxygen atoms in total. The Labute approximate surface area is 160 Å². The molecule has 0 aliphatic heterocycles. The maximum Gasteiger partial charge on any atom is 0.242 e. The minimum Gasteiger partial charge on any atom is -0.391 e. The van der Waals surface area contributed by atoms with Crippen LogP contribution < -0.4 is 27.4 Å². The van der Waals surface area contributed by atoms with E-state index in [9.17, 15) is 19.5 Å². The molecule has 8 N–H and O–H groups in total. The first-order valence-corrected chi connectivity index (χ1v) is 9.32. The fraction of sp³-hybridized carbons (Fsp3) is 0.765. The van der Waals surface area contributed by atoms with E-state index in [4.69, 9.17) is 11.5 Å². The topological polar surface area (TPSA) is 172 Å². The fourth-order valence-corrected chi connectivity index (χ4v) is 2.42. The molecule has 0 aromatic rings. The molecule has 156 valence electrons. The lowest BCUT2D eigenvalue weighted by molar-refractivity contribution is -0.131. The zero-order valence-corrected chi connectivity index (χ0v) is 16.2. The van der Waals surface area contributed by atoms with Crippen LogP contribution in [0.1, 0.15) is 46.0 Å². The van der Waals surface area contributed by atoms with E-state index in [0.29, 0.717) is 51.7 Å². The molecule has 0 bridgehead atoms. The molecule has 0 fully saturated rings. The average molecular weight is 386 g/mol. The van der Waals surface area contributed by atoms with Crippen molar-refractivity contribution in [3.63, 3.8) is 0 Å². The number of aliphatic imine (C=N–C) groups is 1. The molecule has 3 atom stereocenters.